The average molecular weight is 786 g/mol. The zero-order valence-corrected chi connectivity index (χ0v) is 32.6. The summed E-state index contributed by atoms with van der Waals surface area (Å²) in [6.07, 6.45) is 3.60. The van der Waals surface area contributed by atoms with Gasteiger partial charge in [-0.2, -0.15) is 0 Å². The van der Waals surface area contributed by atoms with Crippen molar-refractivity contribution >= 4 is 36.3 Å². The minimum absolute atomic E-state index is 0.0160. The number of fused-ring (bicyclic) bond motifs is 1. The molecule has 0 amide bonds. The molecule has 0 aliphatic carbocycles. The lowest BCUT2D eigenvalue weighted by molar-refractivity contribution is -0.146. The van der Waals surface area contributed by atoms with E-state index >= 15 is 0 Å². The molecule has 294 valence electrons. The van der Waals surface area contributed by atoms with Gasteiger partial charge >= 0.3 is 11.9 Å². The van der Waals surface area contributed by atoms with Crippen molar-refractivity contribution in [2.24, 2.45) is 4.99 Å². The fraction of sp³-hybridized carbons (Fsp3) is 0.239. The van der Waals surface area contributed by atoms with Crippen LogP contribution in [-0.2, 0) is 60.8 Å². The van der Waals surface area contributed by atoms with Gasteiger partial charge in [-0.15, -0.1) is 0 Å². The van der Waals surface area contributed by atoms with E-state index in [0.29, 0.717) is 6.42 Å². The normalized spacial score (nSPS) is 13.7. The van der Waals surface area contributed by atoms with Crippen LogP contribution in [0.3, 0.4) is 0 Å². The maximum absolute atomic E-state index is 14.9. The highest BCUT2D eigenvalue weighted by molar-refractivity contribution is 7.56. The number of esters is 1. The summed E-state index contributed by atoms with van der Waals surface area (Å²) in [5, 5.41) is 14.3. The largest absolute Gasteiger partial charge is 0.481 e. The summed E-state index contributed by atoms with van der Waals surface area (Å²) in [4.78, 5) is 34.8. The topological polar surface area (TPSA) is 139 Å². The van der Waals surface area contributed by atoms with Crippen LogP contribution in [0.15, 0.2) is 157 Å². The molecule has 6 rings (SSSR count). The standard InChI is InChI=1S/C46H48N3O7P/c50-44(51)30-42(49-57(53,56-34-38-24-11-4-12-25-38)28-16-15-19-35-17-5-1-6-18-35)45(54-32-36-20-7-2-8-21-36)48-43(46(52)55-33-37-22-9-3-10-23-37)29-39-31-47-41-27-14-13-26-40(39)41/h1-14,17-18,20-27,31,42-43,47H,15-16,19,28-30,32-34H2,(H,49,53)(H,50,51). The number of carbonyl (C=O) groups is 2. The first-order chi connectivity index (χ1) is 27.8. The number of aliphatic carboxylic acids is 1. The Labute approximate surface area is 333 Å². The number of carbonyl (C=O) groups excluding carboxylic acids is 1. The Kier molecular flexibility index (Phi) is 15.0. The first kappa shape index (κ1) is 40.9. The molecule has 0 spiro atoms. The molecule has 0 fully saturated rings. The fourth-order valence-corrected chi connectivity index (χ4v) is 8.45. The third-order valence-electron chi connectivity index (χ3n) is 9.42. The number of benzene rings is 5. The molecule has 1 heterocycles. The lowest BCUT2D eigenvalue weighted by Crippen LogP contribution is -2.40. The Morgan fingerprint density at radius 2 is 1.23 bits per heavy atom. The number of unbranched alkanes of at least 4 members (excludes halogenated alkanes) is 1. The van der Waals surface area contributed by atoms with Crippen molar-refractivity contribution in [2.45, 2.75) is 64.0 Å². The SMILES string of the molecule is O=C(O)CC(NP(=O)(CCCCc1ccccc1)OCc1ccccc1)C(=NC(Cc1c[nH]c2ccccc12)C(=O)OCc1ccccc1)OCc1ccccc1. The number of carboxylic acids is 1. The first-order valence-electron chi connectivity index (χ1n) is 19.1. The van der Waals surface area contributed by atoms with Gasteiger partial charge in [0.1, 0.15) is 19.3 Å². The average Bonchev–Trinajstić information content (AvgIpc) is 3.65. The van der Waals surface area contributed by atoms with Crippen molar-refractivity contribution in [2.75, 3.05) is 6.16 Å². The van der Waals surface area contributed by atoms with E-state index in [4.69, 9.17) is 19.0 Å². The zero-order chi connectivity index (χ0) is 39.7. The van der Waals surface area contributed by atoms with Gasteiger partial charge in [-0.05, 0) is 53.1 Å². The first-order valence-corrected chi connectivity index (χ1v) is 21.0. The molecule has 57 heavy (non-hydrogen) atoms. The van der Waals surface area contributed by atoms with Crippen LogP contribution in [0.25, 0.3) is 10.9 Å². The molecule has 5 aromatic carbocycles. The summed E-state index contributed by atoms with van der Waals surface area (Å²) in [7, 11) is -3.77. The van der Waals surface area contributed by atoms with Crippen molar-refractivity contribution in [3.05, 3.63) is 180 Å². The third kappa shape index (κ3) is 12.9. The zero-order valence-electron chi connectivity index (χ0n) is 31.7. The number of nitrogens with zero attached hydrogens (tertiary/aromatic N) is 1. The maximum Gasteiger partial charge on any atom is 0.331 e. The van der Waals surface area contributed by atoms with Gasteiger partial charge in [0.05, 0.1) is 13.0 Å². The number of ether oxygens (including phenoxy) is 2. The summed E-state index contributed by atoms with van der Waals surface area (Å²) in [6, 6.07) is 43.5. The Bertz CT molecular complexity index is 2230. The number of hydrogen-bond acceptors (Lipinski definition) is 7. The number of aliphatic imine (C=N–C) groups is 1. The van der Waals surface area contributed by atoms with Gasteiger partial charge in [0.2, 0.25) is 5.90 Å². The molecule has 0 saturated carbocycles. The van der Waals surface area contributed by atoms with Gasteiger partial charge in [-0.1, -0.05) is 140 Å². The third-order valence-corrected chi connectivity index (χ3v) is 11.6. The van der Waals surface area contributed by atoms with Gasteiger partial charge in [-0.3, -0.25) is 9.36 Å². The smallest absolute Gasteiger partial charge is 0.331 e. The molecule has 3 atom stereocenters. The number of aromatic nitrogens is 1. The van der Waals surface area contributed by atoms with Crippen LogP contribution in [0.1, 0.15) is 47.1 Å². The summed E-state index contributed by atoms with van der Waals surface area (Å²) in [5.74, 6) is -1.89. The molecule has 3 unspecified atom stereocenters. The predicted octanol–water partition coefficient (Wildman–Crippen LogP) is 9.30. The van der Waals surface area contributed by atoms with Gasteiger partial charge in [-0.25, -0.2) is 14.9 Å². The summed E-state index contributed by atoms with van der Waals surface area (Å²) >= 11 is 0. The number of carboxylic acid groups (broad SMARTS) is 1. The van der Waals surface area contributed by atoms with Crippen LogP contribution >= 0.6 is 7.52 Å². The molecule has 0 radical (unpaired) electrons. The van der Waals surface area contributed by atoms with Crippen LogP contribution in [-0.4, -0.2) is 46.2 Å². The second kappa shape index (κ2) is 20.9. The second-order valence-electron chi connectivity index (χ2n) is 13.8. The number of nitrogens with one attached hydrogen (secondary N) is 2. The van der Waals surface area contributed by atoms with Crippen molar-refractivity contribution in [1.82, 2.24) is 10.1 Å². The van der Waals surface area contributed by atoms with Crippen LogP contribution < -0.4 is 5.09 Å². The van der Waals surface area contributed by atoms with Crippen LogP contribution in [0.5, 0.6) is 0 Å². The van der Waals surface area contributed by atoms with Crippen molar-refractivity contribution < 1.29 is 33.3 Å². The molecule has 0 saturated heterocycles. The minimum Gasteiger partial charge on any atom is -0.481 e. The lowest BCUT2D eigenvalue weighted by atomic mass is 10.0. The number of para-hydroxylation sites is 1. The second-order valence-corrected chi connectivity index (χ2v) is 16.1. The van der Waals surface area contributed by atoms with E-state index in [1.54, 1.807) is 0 Å². The number of aromatic amines is 1. The molecule has 10 nitrogen and oxygen atoms in total. The van der Waals surface area contributed by atoms with E-state index in [2.05, 4.69) is 22.2 Å². The van der Waals surface area contributed by atoms with Gasteiger partial charge in [0.25, 0.3) is 7.52 Å². The van der Waals surface area contributed by atoms with E-state index < -0.39 is 38.0 Å². The molecule has 1 aromatic heterocycles. The van der Waals surface area contributed by atoms with E-state index in [-0.39, 0.29) is 38.3 Å². The van der Waals surface area contributed by atoms with Crippen LogP contribution in [0, 0.1) is 0 Å². The predicted molar refractivity (Wildman–Crippen MR) is 223 cm³/mol. The Balaban J connectivity index is 1.34. The molecule has 11 heteroatoms. The highest BCUT2D eigenvalue weighted by atomic mass is 31.2. The Morgan fingerprint density at radius 1 is 0.684 bits per heavy atom. The summed E-state index contributed by atoms with van der Waals surface area (Å²) < 4.78 is 33.3. The number of rotatable bonds is 21. The number of aryl methyl sites for hydroxylation is 1. The summed E-state index contributed by atoms with van der Waals surface area (Å²) in [6.45, 7) is 0.0701. The van der Waals surface area contributed by atoms with E-state index in [1.807, 2.05) is 140 Å². The van der Waals surface area contributed by atoms with Crippen molar-refractivity contribution in [3.8, 4) is 0 Å². The van der Waals surface area contributed by atoms with Crippen LogP contribution in [0.2, 0.25) is 0 Å². The minimum atomic E-state index is -3.77. The summed E-state index contributed by atoms with van der Waals surface area (Å²) in [5.41, 5.74) is 5.28. The highest BCUT2D eigenvalue weighted by Gasteiger charge is 2.34. The maximum atomic E-state index is 14.9. The van der Waals surface area contributed by atoms with E-state index in [0.717, 1.165) is 46.0 Å². The molecular weight excluding hydrogens is 737 g/mol. The van der Waals surface area contributed by atoms with Gasteiger partial charge in [0.15, 0.2) is 6.04 Å². The van der Waals surface area contributed by atoms with Gasteiger partial charge in [0, 0.05) is 29.7 Å². The Morgan fingerprint density at radius 3 is 1.84 bits per heavy atom. The molecule has 0 aliphatic heterocycles. The van der Waals surface area contributed by atoms with E-state index in [9.17, 15) is 19.3 Å². The van der Waals surface area contributed by atoms with Crippen LogP contribution in [0.4, 0.5) is 0 Å². The molecular formula is C46H48N3O7P. The lowest BCUT2D eigenvalue weighted by Gasteiger charge is -2.27. The molecule has 3 N–H and O–H groups in total. The van der Waals surface area contributed by atoms with E-state index in [1.165, 1.54) is 5.56 Å². The van der Waals surface area contributed by atoms with Crippen molar-refractivity contribution in [3.63, 3.8) is 0 Å². The molecule has 0 bridgehead atoms. The van der Waals surface area contributed by atoms with Gasteiger partial charge < -0.3 is 24.1 Å². The monoisotopic (exact) mass is 785 g/mol. The van der Waals surface area contributed by atoms with Crippen molar-refractivity contribution in [1.29, 1.82) is 0 Å². The fourth-order valence-electron chi connectivity index (χ4n) is 6.44. The number of H-pyrrole nitrogens is 1. The number of hydrogen-bond donors (Lipinski definition) is 3. The quantitative estimate of drug-likeness (QED) is 0.0216. The Hall–Kier alpha value is -5.80. The molecule has 6 aromatic rings. The highest BCUT2D eigenvalue weighted by Crippen LogP contribution is 2.45. The molecule has 0 aliphatic rings.